The topological polar surface area (TPSA) is 78.5 Å². The highest BCUT2D eigenvalue weighted by atomic mass is 35.5. The number of halogens is 2. The Bertz CT molecular complexity index is 838. The van der Waals surface area contributed by atoms with Gasteiger partial charge in [-0.1, -0.05) is 23.2 Å². The highest BCUT2D eigenvalue weighted by Gasteiger charge is 2.18. The summed E-state index contributed by atoms with van der Waals surface area (Å²) in [6, 6.07) is 11.3. The molecule has 2 N–H and O–H groups in total. The van der Waals surface area contributed by atoms with Crippen molar-refractivity contribution in [3.63, 3.8) is 0 Å². The molecule has 136 valence electrons. The van der Waals surface area contributed by atoms with Crippen LogP contribution in [0.25, 0.3) is 0 Å². The van der Waals surface area contributed by atoms with E-state index in [1.54, 1.807) is 36.4 Å². The molecule has 0 spiro atoms. The summed E-state index contributed by atoms with van der Waals surface area (Å²) in [4.78, 5) is 36.5. The van der Waals surface area contributed by atoms with Gasteiger partial charge in [0.2, 0.25) is 17.7 Å². The first-order valence-corrected chi connectivity index (χ1v) is 8.42. The molecular formula is C18H17Cl2N3O3. The van der Waals surface area contributed by atoms with E-state index in [2.05, 4.69) is 10.6 Å². The summed E-state index contributed by atoms with van der Waals surface area (Å²) in [5.41, 5.74) is 1.56. The Labute approximate surface area is 161 Å². The van der Waals surface area contributed by atoms with E-state index in [9.17, 15) is 14.4 Å². The minimum atomic E-state index is -0.390. The van der Waals surface area contributed by atoms with Crippen LogP contribution in [0.15, 0.2) is 42.5 Å². The predicted molar refractivity (Wildman–Crippen MR) is 104 cm³/mol. The summed E-state index contributed by atoms with van der Waals surface area (Å²) in [5.74, 6) is -0.900. The fourth-order valence-corrected chi connectivity index (χ4v) is 2.76. The van der Waals surface area contributed by atoms with Crippen LogP contribution in [-0.2, 0) is 14.4 Å². The molecule has 0 fully saturated rings. The fraction of sp³-hybridized carbons (Fsp3) is 0.167. The van der Waals surface area contributed by atoms with Gasteiger partial charge in [-0.2, -0.15) is 0 Å². The van der Waals surface area contributed by atoms with Crippen LogP contribution in [0.4, 0.5) is 17.1 Å². The monoisotopic (exact) mass is 393 g/mol. The molecular weight excluding hydrogens is 377 g/mol. The van der Waals surface area contributed by atoms with Gasteiger partial charge in [0, 0.05) is 30.2 Å². The summed E-state index contributed by atoms with van der Waals surface area (Å²) < 4.78 is 0. The Morgan fingerprint density at radius 2 is 1.50 bits per heavy atom. The minimum absolute atomic E-state index is 0.182. The van der Waals surface area contributed by atoms with Gasteiger partial charge in [0.25, 0.3) is 0 Å². The van der Waals surface area contributed by atoms with Crippen molar-refractivity contribution >= 4 is 58.0 Å². The number of carbonyl (C=O) groups is 3. The van der Waals surface area contributed by atoms with E-state index in [1.807, 2.05) is 0 Å². The molecule has 0 aliphatic carbocycles. The zero-order valence-electron chi connectivity index (χ0n) is 14.2. The third kappa shape index (κ3) is 5.47. The van der Waals surface area contributed by atoms with E-state index >= 15 is 0 Å². The van der Waals surface area contributed by atoms with E-state index in [-0.39, 0.29) is 23.4 Å². The Morgan fingerprint density at radius 1 is 0.923 bits per heavy atom. The van der Waals surface area contributed by atoms with Crippen LogP contribution in [0, 0.1) is 0 Å². The first-order valence-electron chi connectivity index (χ1n) is 7.67. The summed E-state index contributed by atoms with van der Waals surface area (Å²) in [6.07, 6.45) is 0. The molecule has 0 radical (unpaired) electrons. The average molecular weight is 394 g/mol. The molecule has 0 atom stereocenters. The molecule has 0 aromatic heterocycles. The van der Waals surface area contributed by atoms with Crippen molar-refractivity contribution in [2.45, 2.75) is 13.8 Å². The van der Waals surface area contributed by atoms with Crippen molar-refractivity contribution in [1.82, 2.24) is 0 Å². The highest BCUT2D eigenvalue weighted by molar-refractivity contribution is 6.36. The van der Waals surface area contributed by atoms with Crippen LogP contribution in [0.5, 0.6) is 0 Å². The van der Waals surface area contributed by atoms with Gasteiger partial charge >= 0.3 is 0 Å². The van der Waals surface area contributed by atoms with Crippen molar-refractivity contribution in [1.29, 1.82) is 0 Å². The molecule has 2 aromatic carbocycles. The molecule has 0 unspecified atom stereocenters. The lowest BCUT2D eigenvalue weighted by atomic mass is 10.2. The SMILES string of the molecule is CC(=O)Nc1ccc(NC(=O)CN(C(C)=O)c2ccc(Cl)cc2Cl)cc1. The number of nitrogens with one attached hydrogen (secondary N) is 2. The van der Waals surface area contributed by atoms with E-state index in [0.29, 0.717) is 22.1 Å². The molecule has 3 amide bonds. The standard InChI is InChI=1S/C18H17Cl2N3O3/c1-11(24)21-14-4-6-15(7-5-14)22-18(26)10-23(12(2)25)17-8-3-13(19)9-16(17)20/h3-9H,10H2,1-2H3,(H,21,24)(H,22,26). The predicted octanol–water partition coefficient (Wildman–Crippen LogP) is 3.94. The number of rotatable bonds is 5. The summed E-state index contributed by atoms with van der Waals surface area (Å²) >= 11 is 12.0. The third-order valence-electron chi connectivity index (χ3n) is 3.37. The smallest absolute Gasteiger partial charge is 0.244 e. The number of benzene rings is 2. The van der Waals surface area contributed by atoms with Crippen LogP contribution >= 0.6 is 23.2 Å². The molecule has 0 aliphatic heterocycles. The molecule has 0 aliphatic rings. The second-order valence-corrected chi connectivity index (χ2v) is 6.35. The van der Waals surface area contributed by atoms with Crippen molar-refractivity contribution in [3.8, 4) is 0 Å². The van der Waals surface area contributed by atoms with Crippen molar-refractivity contribution in [2.75, 3.05) is 22.1 Å². The maximum Gasteiger partial charge on any atom is 0.244 e. The van der Waals surface area contributed by atoms with Gasteiger partial charge < -0.3 is 15.5 Å². The summed E-state index contributed by atoms with van der Waals surface area (Å²) in [6.45, 7) is 2.55. The number of hydrogen-bond donors (Lipinski definition) is 2. The molecule has 0 bridgehead atoms. The second-order valence-electron chi connectivity index (χ2n) is 5.51. The first kappa shape index (κ1) is 19.8. The van der Waals surface area contributed by atoms with E-state index in [1.165, 1.54) is 24.8 Å². The number of carbonyl (C=O) groups excluding carboxylic acids is 3. The molecule has 26 heavy (non-hydrogen) atoms. The summed E-state index contributed by atoms with van der Waals surface area (Å²) in [7, 11) is 0. The van der Waals surface area contributed by atoms with Gasteiger partial charge in [-0.25, -0.2) is 0 Å². The van der Waals surface area contributed by atoms with Crippen LogP contribution in [0.2, 0.25) is 10.0 Å². The second kappa shape index (κ2) is 8.69. The molecule has 2 rings (SSSR count). The van der Waals surface area contributed by atoms with Crippen LogP contribution in [0.1, 0.15) is 13.8 Å². The lowest BCUT2D eigenvalue weighted by Crippen LogP contribution is -2.36. The Hall–Kier alpha value is -2.57. The van der Waals surface area contributed by atoms with Crippen molar-refractivity contribution in [3.05, 3.63) is 52.5 Å². The zero-order chi connectivity index (χ0) is 19.3. The van der Waals surface area contributed by atoms with Crippen LogP contribution in [-0.4, -0.2) is 24.3 Å². The first-order chi connectivity index (χ1) is 12.3. The Balaban J connectivity index is 2.08. The number of nitrogens with zero attached hydrogens (tertiary/aromatic N) is 1. The third-order valence-corrected chi connectivity index (χ3v) is 3.91. The molecule has 8 heteroatoms. The molecule has 2 aromatic rings. The van der Waals surface area contributed by atoms with Gasteiger partial charge in [0.05, 0.1) is 10.7 Å². The van der Waals surface area contributed by atoms with Crippen molar-refractivity contribution < 1.29 is 14.4 Å². The minimum Gasteiger partial charge on any atom is -0.326 e. The maximum absolute atomic E-state index is 12.3. The quantitative estimate of drug-likeness (QED) is 0.806. The molecule has 0 saturated heterocycles. The number of amides is 3. The van der Waals surface area contributed by atoms with Crippen molar-refractivity contribution in [2.24, 2.45) is 0 Å². The Kier molecular flexibility index (Phi) is 6.60. The highest BCUT2D eigenvalue weighted by Crippen LogP contribution is 2.29. The zero-order valence-corrected chi connectivity index (χ0v) is 15.7. The van der Waals surface area contributed by atoms with E-state index in [4.69, 9.17) is 23.2 Å². The maximum atomic E-state index is 12.3. The lowest BCUT2D eigenvalue weighted by molar-refractivity contribution is -0.120. The summed E-state index contributed by atoms with van der Waals surface area (Å²) in [5, 5.41) is 6.04. The molecule has 0 saturated carbocycles. The molecule has 6 nitrogen and oxygen atoms in total. The fourth-order valence-electron chi connectivity index (χ4n) is 2.25. The van der Waals surface area contributed by atoms with Crippen LogP contribution < -0.4 is 15.5 Å². The average Bonchev–Trinajstić information content (AvgIpc) is 2.54. The van der Waals surface area contributed by atoms with E-state index < -0.39 is 5.91 Å². The van der Waals surface area contributed by atoms with Gasteiger partial charge in [0.15, 0.2) is 0 Å². The van der Waals surface area contributed by atoms with Gasteiger partial charge in [-0.05, 0) is 42.5 Å². The van der Waals surface area contributed by atoms with Gasteiger partial charge in [0.1, 0.15) is 6.54 Å². The van der Waals surface area contributed by atoms with E-state index in [0.717, 1.165) is 0 Å². The normalized spacial score (nSPS) is 10.2. The lowest BCUT2D eigenvalue weighted by Gasteiger charge is -2.22. The van der Waals surface area contributed by atoms with Gasteiger partial charge in [-0.15, -0.1) is 0 Å². The van der Waals surface area contributed by atoms with Gasteiger partial charge in [-0.3, -0.25) is 14.4 Å². The number of anilines is 3. The number of hydrogen-bond acceptors (Lipinski definition) is 3. The molecule has 0 heterocycles. The largest absolute Gasteiger partial charge is 0.326 e. The Morgan fingerprint density at radius 3 is 2.00 bits per heavy atom. The van der Waals surface area contributed by atoms with Crippen LogP contribution in [0.3, 0.4) is 0 Å².